The molecule has 0 aliphatic rings. The SMILES string of the molecule is Cc1ccnc(Nc2cccc(-c3ccnc(NCCN)c3)n2)c1. The molecule has 6 heteroatoms. The molecule has 0 aliphatic heterocycles. The van der Waals surface area contributed by atoms with Crippen molar-refractivity contribution in [2.75, 3.05) is 23.7 Å². The summed E-state index contributed by atoms with van der Waals surface area (Å²) in [4.78, 5) is 13.2. The molecule has 0 unspecified atom stereocenters. The molecule has 3 heterocycles. The highest BCUT2D eigenvalue weighted by Crippen LogP contribution is 2.22. The second-order valence-corrected chi connectivity index (χ2v) is 5.40. The van der Waals surface area contributed by atoms with Crippen molar-refractivity contribution in [1.82, 2.24) is 15.0 Å². The minimum absolute atomic E-state index is 0.563. The monoisotopic (exact) mass is 320 g/mol. The number of hydrogen-bond donors (Lipinski definition) is 3. The van der Waals surface area contributed by atoms with Crippen molar-refractivity contribution in [2.24, 2.45) is 5.73 Å². The molecule has 0 saturated heterocycles. The van der Waals surface area contributed by atoms with Crippen LogP contribution in [0.2, 0.25) is 0 Å². The van der Waals surface area contributed by atoms with Crippen LogP contribution in [0.1, 0.15) is 5.56 Å². The van der Waals surface area contributed by atoms with Crippen LogP contribution in [0.5, 0.6) is 0 Å². The number of nitrogens with zero attached hydrogens (tertiary/aromatic N) is 3. The fourth-order valence-electron chi connectivity index (χ4n) is 2.29. The van der Waals surface area contributed by atoms with E-state index in [-0.39, 0.29) is 0 Å². The fraction of sp³-hybridized carbons (Fsp3) is 0.167. The summed E-state index contributed by atoms with van der Waals surface area (Å²) in [6, 6.07) is 13.7. The summed E-state index contributed by atoms with van der Waals surface area (Å²) >= 11 is 0. The Balaban J connectivity index is 1.82. The quantitative estimate of drug-likeness (QED) is 0.647. The summed E-state index contributed by atoms with van der Waals surface area (Å²) in [7, 11) is 0. The van der Waals surface area contributed by atoms with Crippen LogP contribution in [0.4, 0.5) is 17.5 Å². The van der Waals surface area contributed by atoms with Gasteiger partial charge in [0.1, 0.15) is 17.5 Å². The topological polar surface area (TPSA) is 88.8 Å². The van der Waals surface area contributed by atoms with Gasteiger partial charge in [-0.1, -0.05) is 6.07 Å². The zero-order valence-electron chi connectivity index (χ0n) is 13.5. The van der Waals surface area contributed by atoms with Crippen LogP contribution in [-0.2, 0) is 0 Å². The van der Waals surface area contributed by atoms with E-state index in [1.54, 1.807) is 12.4 Å². The van der Waals surface area contributed by atoms with Crippen molar-refractivity contribution in [3.63, 3.8) is 0 Å². The van der Waals surface area contributed by atoms with Gasteiger partial charge in [0.05, 0.1) is 5.69 Å². The van der Waals surface area contributed by atoms with E-state index in [4.69, 9.17) is 5.73 Å². The van der Waals surface area contributed by atoms with E-state index >= 15 is 0 Å². The Bertz CT molecular complexity index is 818. The first kappa shape index (κ1) is 15.9. The van der Waals surface area contributed by atoms with Crippen LogP contribution >= 0.6 is 0 Å². The molecule has 3 rings (SSSR count). The van der Waals surface area contributed by atoms with Gasteiger partial charge >= 0.3 is 0 Å². The smallest absolute Gasteiger partial charge is 0.132 e. The minimum Gasteiger partial charge on any atom is -0.369 e. The van der Waals surface area contributed by atoms with Gasteiger partial charge in [0, 0.05) is 31.0 Å². The molecule has 3 aromatic heterocycles. The van der Waals surface area contributed by atoms with Crippen LogP contribution in [0, 0.1) is 6.92 Å². The van der Waals surface area contributed by atoms with E-state index in [1.807, 2.05) is 49.4 Å². The summed E-state index contributed by atoms with van der Waals surface area (Å²) in [5.74, 6) is 2.32. The lowest BCUT2D eigenvalue weighted by atomic mass is 10.1. The number of nitrogens with one attached hydrogen (secondary N) is 2. The van der Waals surface area contributed by atoms with Gasteiger partial charge in [-0.05, 0) is 48.9 Å². The number of aromatic nitrogens is 3. The van der Waals surface area contributed by atoms with Gasteiger partial charge in [0.15, 0.2) is 0 Å². The van der Waals surface area contributed by atoms with Crippen LogP contribution < -0.4 is 16.4 Å². The highest BCUT2D eigenvalue weighted by molar-refractivity contribution is 5.65. The third-order valence-corrected chi connectivity index (χ3v) is 3.43. The highest BCUT2D eigenvalue weighted by atomic mass is 15.1. The van der Waals surface area contributed by atoms with Gasteiger partial charge < -0.3 is 16.4 Å². The summed E-state index contributed by atoms with van der Waals surface area (Å²) in [6.07, 6.45) is 3.54. The number of aryl methyl sites for hydroxylation is 1. The van der Waals surface area contributed by atoms with Gasteiger partial charge in [-0.25, -0.2) is 15.0 Å². The minimum atomic E-state index is 0.563. The summed E-state index contributed by atoms with van der Waals surface area (Å²) in [5, 5.41) is 6.41. The van der Waals surface area contributed by atoms with E-state index in [0.29, 0.717) is 13.1 Å². The predicted molar refractivity (Wildman–Crippen MR) is 97.3 cm³/mol. The molecule has 0 amide bonds. The van der Waals surface area contributed by atoms with Crippen molar-refractivity contribution < 1.29 is 0 Å². The van der Waals surface area contributed by atoms with Crippen molar-refractivity contribution in [3.05, 3.63) is 60.4 Å². The molecule has 6 nitrogen and oxygen atoms in total. The number of anilines is 3. The Morgan fingerprint density at radius 1 is 0.958 bits per heavy atom. The number of pyridine rings is 3. The summed E-state index contributed by atoms with van der Waals surface area (Å²) in [5.41, 5.74) is 8.52. The van der Waals surface area contributed by atoms with E-state index in [1.165, 1.54) is 0 Å². The summed E-state index contributed by atoms with van der Waals surface area (Å²) < 4.78 is 0. The maximum absolute atomic E-state index is 5.51. The molecule has 0 fully saturated rings. The lowest BCUT2D eigenvalue weighted by Crippen LogP contribution is -2.13. The van der Waals surface area contributed by atoms with E-state index in [9.17, 15) is 0 Å². The van der Waals surface area contributed by atoms with Crippen molar-refractivity contribution in [1.29, 1.82) is 0 Å². The van der Waals surface area contributed by atoms with Crippen molar-refractivity contribution >= 4 is 17.5 Å². The molecule has 0 radical (unpaired) electrons. The zero-order valence-corrected chi connectivity index (χ0v) is 13.5. The second-order valence-electron chi connectivity index (χ2n) is 5.40. The average Bonchev–Trinajstić information content (AvgIpc) is 2.60. The highest BCUT2D eigenvalue weighted by Gasteiger charge is 2.04. The Labute approximate surface area is 141 Å². The standard InChI is InChI=1S/C18H20N6/c1-13-5-8-21-18(11-13)24-16-4-2-3-15(23-16)14-6-9-20-17(12-14)22-10-7-19/h2-6,8-9,11-12H,7,10,19H2,1H3,(H,20,22)(H,21,23,24). The third kappa shape index (κ3) is 4.05. The van der Waals surface area contributed by atoms with Crippen LogP contribution in [-0.4, -0.2) is 28.0 Å². The molecular weight excluding hydrogens is 300 g/mol. The Hall–Kier alpha value is -2.99. The van der Waals surface area contributed by atoms with Gasteiger partial charge in [-0.2, -0.15) is 0 Å². The molecule has 0 saturated carbocycles. The number of hydrogen-bond acceptors (Lipinski definition) is 6. The van der Waals surface area contributed by atoms with Crippen molar-refractivity contribution in [3.8, 4) is 11.3 Å². The maximum Gasteiger partial charge on any atom is 0.132 e. The lowest BCUT2D eigenvalue weighted by molar-refractivity contribution is 1.01. The number of rotatable bonds is 6. The van der Waals surface area contributed by atoms with E-state index < -0.39 is 0 Å². The third-order valence-electron chi connectivity index (χ3n) is 3.43. The lowest BCUT2D eigenvalue weighted by Gasteiger charge is -2.09. The molecule has 0 aliphatic carbocycles. The van der Waals surface area contributed by atoms with E-state index in [0.717, 1.165) is 34.3 Å². The first-order valence-corrected chi connectivity index (χ1v) is 7.82. The molecule has 4 N–H and O–H groups in total. The average molecular weight is 320 g/mol. The first-order valence-electron chi connectivity index (χ1n) is 7.82. The van der Waals surface area contributed by atoms with E-state index in [2.05, 4.69) is 25.6 Å². The maximum atomic E-state index is 5.51. The van der Waals surface area contributed by atoms with Crippen LogP contribution in [0.3, 0.4) is 0 Å². The molecule has 122 valence electrons. The second kappa shape index (κ2) is 7.52. The van der Waals surface area contributed by atoms with Crippen LogP contribution in [0.15, 0.2) is 54.9 Å². The fourth-order valence-corrected chi connectivity index (χ4v) is 2.29. The van der Waals surface area contributed by atoms with Crippen LogP contribution in [0.25, 0.3) is 11.3 Å². The first-order chi connectivity index (χ1) is 11.7. The summed E-state index contributed by atoms with van der Waals surface area (Å²) in [6.45, 7) is 3.28. The molecule has 0 bridgehead atoms. The van der Waals surface area contributed by atoms with Gasteiger partial charge in [0.2, 0.25) is 0 Å². The Kier molecular flexibility index (Phi) is 4.98. The Morgan fingerprint density at radius 3 is 2.62 bits per heavy atom. The zero-order chi connectivity index (χ0) is 16.8. The molecule has 24 heavy (non-hydrogen) atoms. The molecule has 0 atom stereocenters. The van der Waals surface area contributed by atoms with Gasteiger partial charge in [0.25, 0.3) is 0 Å². The largest absolute Gasteiger partial charge is 0.369 e. The predicted octanol–water partition coefficient (Wildman–Crippen LogP) is 2.96. The van der Waals surface area contributed by atoms with Gasteiger partial charge in [-0.15, -0.1) is 0 Å². The molecule has 0 spiro atoms. The molecule has 0 aromatic carbocycles. The van der Waals surface area contributed by atoms with Crippen molar-refractivity contribution in [2.45, 2.75) is 6.92 Å². The van der Waals surface area contributed by atoms with Gasteiger partial charge in [-0.3, -0.25) is 0 Å². The Morgan fingerprint density at radius 2 is 1.79 bits per heavy atom. The molecule has 3 aromatic rings. The molecular formula is C18H20N6. The normalized spacial score (nSPS) is 10.4. The number of nitrogens with two attached hydrogens (primary N) is 1.